The number of amides is 1. The summed E-state index contributed by atoms with van der Waals surface area (Å²) in [6.07, 6.45) is 5.93. The Labute approximate surface area is 109 Å². The number of carbonyl (C=O) groups is 2. The minimum atomic E-state index is -0.145. The lowest BCUT2D eigenvalue weighted by molar-refractivity contribution is -0.140. The maximum atomic E-state index is 11.6. The van der Waals surface area contributed by atoms with Gasteiger partial charge in [0, 0.05) is 32.0 Å². The molecule has 0 saturated carbocycles. The number of rotatable bonds is 8. The predicted molar refractivity (Wildman–Crippen MR) is 68.9 cm³/mol. The molecule has 18 heavy (non-hydrogen) atoms. The van der Waals surface area contributed by atoms with Gasteiger partial charge in [0.1, 0.15) is 0 Å². The zero-order valence-electron chi connectivity index (χ0n) is 11.2. The first-order valence-electron chi connectivity index (χ1n) is 6.75. The molecular weight excluding hydrogens is 232 g/mol. The van der Waals surface area contributed by atoms with Gasteiger partial charge in [0.05, 0.1) is 7.11 Å². The molecule has 0 aromatic heterocycles. The molecule has 0 aliphatic carbocycles. The fourth-order valence-corrected chi connectivity index (χ4v) is 2.35. The molecule has 104 valence electrons. The summed E-state index contributed by atoms with van der Waals surface area (Å²) in [6, 6.07) is 0.243. The third-order valence-electron chi connectivity index (χ3n) is 3.48. The number of methoxy groups -OCH3 is 1. The van der Waals surface area contributed by atoms with Crippen LogP contribution in [0.4, 0.5) is 0 Å². The number of ether oxygens (including phenoxy) is 1. The van der Waals surface area contributed by atoms with Crippen molar-refractivity contribution in [1.29, 1.82) is 0 Å². The van der Waals surface area contributed by atoms with Gasteiger partial charge in [-0.1, -0.05) is 12.8 Å². The van der Waals surface area contributed by atoms with Crippen LogP contribution in [0.2, 0.25) is 0 Å². The Kier molecular flexibility index (Phi) is 6.72. The Morgan fingerprint density at radius 3 is 2.78 bits per heavy atom. The summed E-state index contributed by atoms with van der Waals surface area (Å²) in [4.78, 5) is 24.4. The average Bonchev–Trinajstić information content (AvgIpc) is 2.74. The van der Waals surface area contributed by atoms with E-state index in [1.165, 1.54) is 7.11 Å². The van der Waals surface area contributed by atoms with Gasteiger partial charge in [-0.25, -0.2) is 0 Å². The van der Waals surface area contributed by atoms with E-state index >= 15 is 0 Å². The zero-order chi connectivity index (χ0) is 13.4. The van der Waals surface area contributed by atoms with Crippen LogP contribution in [0.5, 0.6) is 0 Å². The second-order valence-electron chi connectivity index (χ2n) is 4.76. The highest BCUT2D eigenvalue weighted by molar-refractivity contribution is 5.78. The van der Waals surface area contributed by atoms with E-state index in [1.54, 1.807) is 0 Å². The molecule has 0 spiro atoms. The molecule has 1 unspecified atom stereocenters. The van der Waals surface area contributed by atoms with Crippen molar-refractivity contribution in [3.8, 4) is 0 Å². The second kappa shape index (κ2) is 8.08. The third-order valence-corrected chi connectivity index (χ3v) is 3.48. The molecule has 1 saturated heterocycles. The van der Waals surface area contributed by atoms with E-state index < -0.39 is 0 Å². The molecule has 5 heteroatoms. The lowest BCUT2D eigenvalue weighted by atomic mass is 10.1. The summed E-state index contributed by atoms with van der Waals surface area (Å²) in [6.45, 7) is 1.37. The first kappa shape index (κ1) is 15.0. The van der Waals surface area contributed by atoms with Gasteiger partial charge in [0.25, 0.3) is 0 Å². The average molecular weight is 256 g/mol. The fraction of sp³-hybridized carbons (Fsp3) is 0.846. The highest BCUT2D eigenvalue weighted by atomic mass is 16.5. The SMILES string of the molecule is COC(=O)CCCCCCN1C(=O)CCC1CN. The van der Waals surface area contributed by atoms with Crippen molar-refractivity contribution >= 4 is 11.9 Å². The zero-order valence-corrected chi connectivity index (χ0v) is 11.2. The van der Waals surface area contributed by atoms with Crippen LogP contribution in [0.15, 0.2) is 0 Å². The molecule has 1 fully saturated rings. The van der Waals surface area contributed by atoms with Gasteiger partial charge in [-0.3, -0.25) is 9.59 Å². The number of nitrogens with zero attached hydrogens (tertiary/aromatic N) is 1. The molecule has 5 nitrogen and oxygen atoms in total. The van der Waals surface area contributed by atoms with Gasteiger partial charge in [-0.2, -0.15) is 0 Å². The minimum absolute atomic E-state index is 0.145. The van der Waals surface area contributed by atoms with Crippen LogP contribution in [0.3, 0.4) is 0 Å². The van der Waals surface area contributed by atoms with Crippen molar-refractivity contribution in [2.75, 3.05) is 20.2 Å². The van der Waals surface area contributed by atoms with E-state index in [1.807, 2.05) is 4.90 Å². The largest absolute Gasteiger partial charge is 0.469 e. The van der Waals surface area contributed by atoms with Crippen LogP contribution >= 0.6 is 0 Å². The summed E-state index contributed by atoms with van der Waals surface area (Å²) in [5, 5.41) is 0. The van der Waals surface area contributed by atoms with Crippen LogP contribution in [-0.2, 0) is 14.3 Å². The maximum absolute atomic E-state index is 11.6. The first-order chi connectivity index (χ1) is 8.69. The lowest BCUT2D eigenvalue weighted by Crippen LogP contribution is -2.38. The van der Waals surface area contributed by atoms with Crippen LogP contribution < -0.4 is 5.73 Å². The van der Waals surface area contributed by atoms with Crippen molar-refractivity contribution in [2.45, 2.75) is 51.0 Å². The monoisotopic (exact) mass is 256 g/mol. The van der Waals surface area contributed by atoms with E-state index in [0.29, 0.717) is 19.4 Å². The highest BCUT2D eigenvalue weighted by Gasteiger charge is 2.28. The Morgan fingerprint density at radius 1 is 1.39 bits per heavy atom. The minimum Gasteiger partial charge on any atom is -0.469 e. The van der Waals surface area contributed by atoms with Crippen LogP contribution in [0, 0.1) is 0 Å². The molecule has 1 rings (SSSR count). The van der Waals surface area contributed by atoms with Gasteiger partial charge < -0.3 is 15.4 Å². The van der Waals surface area contributed by atoms with Crippen molar-refractivity contribution in [3.63, 3.8) is 0 Å². The molecule has 1 aliphatic rings. The molecule has 0 aromatic carbocycles. The normalized spacial score (nSPS) is 19.3. The van der Waals surface area contributed by atoms with Crippen molar-refractivity contribution in [3.05, 3.63) is 0 Å². The summed E-state index contributed by atoms with van der Waals surface area (Å²) >= 11 is 0. The second-order valence-corrected chi connectivity index (χ2v) is 4.76. The van der Waals surface area contributed by atoms with Crippen molar-refractivity contribution in [1.82, 2.24) is 4.90 Å². The van der Waals surface area contributed by atoms with Gasteiger partial charge in [-0.15, -0.1) is 0 Å². The molecule has 2 N–H and O–H groups in total. The first-order valence-corrected chi connectivity index (χ1v) is 6.75. The number of hydrogen-bond donors (Lipinski definition) is 1. The molecule has 0 bridgehead atoms. The van der Waals surface area contributed by atoms with Gasteiger partial charge in [0.15, 0.2) is 0 Å². The molecule has 0 aromatic rings. The quantitative estimate of drug-likeness (QED) is 0.520. The Bertz CT molecular complexity index is 281. The standard InChI is InChI=1S/C13H24N2O3/c1-18-13(17)6-4-2-3-5-9-15-11(10-14)7-8-12(15)16/h11H,2-10,14H2,1H3. The van der Waals surface area contributed by atoms with E-state index in [0.717, 1.165) is 38.6 Å². The molecule has 1 heterocycles. The van der Waals surface area contributed by atoms with E-state index in [9.17, 15) is 9.59 Å². The van der Waals surface area contributed by atoms with Crippen molar-refractivity contribution in [2.24, 2.45) is 5.73 Å². The number of likely N-dealkylation sites (tertiary alicyclic amines) is 1. The van der Waals surface area contributed by atoms with E-state index in [2.05, 4.69) is 4.74 Å². The van der Waals surface area contributed by atoms with E-state index in [4.69, 9.17) is 5.73 Å². The molecule has 1 aliphatic heterocycles. The highest BCUT2D eigenvalue weighted by Crippen LogP contribution is 2.18. The van der Waals surface area contributed by atoms with Crippen LogP contribution in [0.25, 0.3) is 0 Å². The molecule has 1 amide bonds. The Morgan fingerprint density at radius 2 is 2.11 bits per heavy atom. The van der Waals surface area contributed by atoms with Crippen molar-refractivity contribution < 1.29 is 14.3 Å². The maximum Gasteiger partial charge on any atom is 0.305 e. The fourth-order valence-electron chi connectivity index (χ4n) is 2.35. The predicted octanol–water partition coefficient (Wildman–Crippen LogP) is 1.06. The summed E-state index contributed by atoms with van der Waals surface area (Å²) in [5.74, 6) is 0.0907. The molecule has 0 radical (unpaired) electrons. The topological polar surface area (TPSA) is 72.6 Å². The third kappa shape index (κ3) is 4.64. The summed E-state index contributed by atoms with van der Waals surface area (Å²) in [5.41, 5.74) is 5.64. The summed E-state index contributed by atoms with van der Waals surface area (Å²) in [7, 11) is 1.41. The lowest BCUT2D eigenvalue weighted by Gasteiger charge is -2.23. The van der Waals surface area contributed by atoms with Crippen LogP contribution in [-0.4, -0.2) is 43.0 Å². The Hall–Kier alpha value is -1.10. The smallest absolute Gasteiger partial charge is 0.305 e. The number of carbonyl (C=O) groups excluding carboxylic acids is 2. The number of unbranched alkanes of at least 4 members (excludes halogenated alkanes) is 3. The Balaban J connectivity index is 2.07. The summed E-state index contributed by atoms with van der Waals surface area (Å²) < 4.78 is 4.57. The number of hydrogen-bond acceptors (Lipinski definition) is 4. The van der Waals surface area contributed by atoms with Gasteiger partial charge in [-0.05, 0) is 19.3 Å². The molecule has 1 atom stereocenters. The van der Waals surface area contributed by atoms with E-state index in [-0.39, 0.29) is 17.9 Å². The van der Waals surface area contributed by atoms with Crippen LogP contribution in [0.1, 0.15) is 44.9 Å². The number of nitrogens with two attached hydrogens (primary N) is 1. The van der Waals surface area contributed by atoms with Gasteiger partial charge in [0.2, 0.25) is 5.91 Å². The van der Waals surface area contributed by atoms with Gasteiger partial charge >= 0.3 is 5.97 Å². The molecular formula is C13H24N2O3. The number of esters is 1.